The minimum absolute atomic E-state index is 0.176. The van der Waals surface area contributed by atoms with Gasteiger partial charge in [0.2, 0.25) is 0 Å². The minimum atomic E-state index is -1.44. The van der Waals surface area contributed by atoms with E-state index in [-0.39, 0.29) is 6.42 Å². The van der Waals surface area contributed by atoms with E-state index in [9.17, 15) is 15.0 Å². The highest BCUT2D eigenvalue weighted by atomic mass is 16.4. The van der Waals surface area contributed by atoms with Crippen LogP contribution in [0.25, 0.3) is 0 Å². The Kier molecular flexibility index (Phi) is 4.96. The number of hydrogen-bond donors (Lipinski definition) is 2. The smallest absolute Gasteiger partial charge is 0.304 e. The van der Waals surface area contributed by atoms with Gasteiger partial charge >= 0.3 is 5.97 Å². The molecular formula is C22H20O3. The molecule has 3 nitrogen and oxygen atoms in total. The molecule has 126 valence electrons. The van der Waals surface area contributed by atoms with Gasteiger partial charge in [-0.15, -0.1) is 0 Å². The van der Waals surface area contributed by atoms with Crippen LogP contribution in [0.4, 0.5) is 0 Å². The van der Waals surface area contributed by atoms with Crippen LogP contribution >= 0.6 is 0 Å². The monoisotopic (exact) mass is 332 g/mol. The van der Waals surface area contributed by atoms with Crippen molar-refractivity contribution in [3.63, 3.8) is 0 Å². The highest BCUT2D eigenvalue weighted by Crippen LogP contribution is 2.44. The van der Waals surface area contributed by atoms with Crippen LogP contribution in [-0.4, -0.2) is 16.2 Å². The van der Waals surface area contributed by atoms with Crippen molar-refractivity contribution in [3.8, 4) is 0 Å². The number of carbonyl (C=O) groups is 1. The third-order valence-electron chi connectivity index (χ3n) is 4.51. The number of rotatable bonds is 6. The lowest BCUT2D eigenvalue weighted by Gasteiger charge is -2.37. The zero-order valence-electron chi connectivity index (χ0n) is 13.7. The zero-order valence-corrected chi connectivity index (χ0v) is 13.7. The van der Waals surface area contributed by atoms with Crippen molar-refractivity contribution in [1.82, 2.24) is 0 Å². The molecule has 1 atom stereocenters. The van der Waals surface area contributed by atoms with Gasteiger partial charge in [-0.2, -0.15) is 0 Å². The number of aliphatic carboxylic acids is 1. The largest absolute Gasteiger partial charge is 0.481 e. The van der Waals surface area contributed by atoms with Gasteiger partial charge in [-0.25, -0.2) is 0 Å². The Morgan fingerprint density at radius 3 is 1.56 bits per heavy atom. The molecule has 0 radical (unpaired) electrons. The fourth-order valence-corrected chi connectivity index (χ4v) is 3.32. The van der Waals surface area contributed by atoms with Gasteiger partial charge in [-0.1, -0.05) is 91.0 Å². The van der Waals surface area contributed by atoms with Gasteiger partial charge in [0.1, 0.15) is 5.60 Å². The normalized spacial score (nSPS) is 12.5. The molecule has 2 N–H and O–H groups in total. The first kappa shape index (κ1) is 16.9. The second-order valence-corrected chi connectivity index (χ2v) is 6.06. The average Bonchev–Trinajstić information content (AvgIpc) is 2.67. The number of hydrogen-bond acceptors (Lipinski definition) is 2. The van der Waals surface area contributed by atoms with Crippen LogP contribution in [0.15, 0.2) is 91.0 Å². The Balaban J connectivity index is 2.22. The maximum Gasteiger partial charge on any atom is 0.304 e. The van der Waals surface area contributed by atoms with E-state index in [1.54, 1.807) is 0 Å². The summed E-state index contributed by atoms with van der Waals surface area (Å²) in [6, 6.07) is 27.9. The van der Waals surface area contributed by atoms with Crippen molar-refractivity contribution in [2.45, 2.75) is 17.9 Å². The molecule has 1 unspecified atom stereocenters. The fourth-order valence-electron chi connectivity index (χ4n) is 3.32. The van der Waals surface area contributed by atoms with Crippen molar-refractivity contribution in [2.24, 2.45) is 0 Å². The summed E-state index contributed by atoms with van der Waals surface area (Å²) in [6.07, 6.45) is -0.176. The van der Waals surface area contributed by atoms with E-state index in [0.29, 0.717) is 11.1 Å². The molecule has 0 aliphatic rings. The first-order valence-electron chi connectivity index (χ1n) is 8.22. The van der Waals surface area contributed by atoms with Crippen LogP contribution in [0, 0.1) is 0 Å². The summed E-state index contributed by atoms with van der Waals surface area (Å²) < 4.78 is 0. The van der Waals surface area contributed by atoms with Gasteiger partial charge in [0.25, 0.3) is 0 Å². The SMILES string of the molecule is O=C(O)CC(c1ccccc1)C(O)(c1ccccc1)c1ccccc1. The minimum Gasteiger partial charge on any atom is -0.481 e. The molecule has 0 bridgehead atoms. The zero-order chi connectivity index (χ0) is 17.7. The number of carboxylic acid groups (broad SMARTS) is 1. The van der Waals surface area contributed by atoms with Crippen LogP contribution < -0.4 is 0 Å². The molecule has 0 aliphatic heterocycles. The summed E-state index contributed by atoms with van der Waals surface area (Å²) in [7, 11) is 0. The van der Waals surface area contributed by atoms with Gasteiger partial charge in [0.05, 0.1) is 6.42 Å². The Morgan fingerprint density at radius 1 is 0.760 bits per heavy atom. The van der Waals surface area contributed by atoms with Crippen molar-refractivity contribution in [1.29, 1.82) is 0 Å². The third-order valence-corrected chi connectivity index (χ3v) is 4.51. The topological polar surface area (TPSA) is 57.5 Å². The van der Waals surface area contributed by atoms with Crippen LogP contribution in [-0.2, 0) is 10.4 Å². The quantitative estimate of drug-likeness (QED) is 0.712. The molecule has 0 saturated heterocycles. The molecule has 0 fully saturated rings. The van der Waals surface area contributed by atoms with E-state index < -0.39 is 17.5 Å². The first-order valence-corrected chi connectivity index (χ1v) is 8.22. The Morgan fingerprint density at radius 2 is 1.16 bits per heavy atom. The van der Waals surface area contributed by atoms with Crippen LogP contribution in [0.2, 0.25) is 0 Å². The second-order valence-electron chi connectivity index (χ2n) is 6.06. The van der Waals surface area contributed by atoms with Crippen LogP contribution in [0.3, 0.4) is 0 Å². The summed E-state index contributed by atoms with van der Waals surface area (Å²) in [4.78, 5) is 11.6. The third kappa shape index (κ3) is 3.47. The fraction of sp³-hybridized carbons (Fsp3) is 0.136. The van der Waals surface area contributed by atoms with Gasteiger partial charge in [-0.05, 0) is 16.7 Å². The summed E-state index contributed by atoms with van der Waals surface area (Å²) >= 11 is 0. The lowest BCUT2D eigenvalue weighted by atomic mass is 9.71. The first-order chi connectivity index (χ1) is 12.1. The summed E-state index contributed by atoms with van der Waals surface area (Å²) in [5.74, 6) is -1.56. The lowest BCUT2D eigenvalue weighted by molar-refractivity contribution is -0.139. The number of aliphatic hydroxyl groups is 1. The van der Waals surface area contributed by atoms with Gasteiger partial charge < -0.3 is 10.2 Å². The van der Waals surface area contributed by atoms with Gasteiger partial charge in [0, 0.05) is 5.92 Å². The maximum absolute atomic E-state index is 11.9. The molecule has 0 saturated carbocycles. The highest BCUT2D eigenvalue weighted by Gasteiger charge is 2.42. The molecule has 25 heavy (non-hydrogen) atoms. The van der Waals surface area contributed by atoms with Crippen molar-refractivity contribution >= 4 is 5.97 Å². The van der Waals surface area contributed by atoms with E-state index in [1.807, 2.05) is 91.0 Å². The van der Waals surface area contributed by atoms with Crippen molar-refractivity contribution < 1.29 is 15.0 Å². The Bertz CT molecular complexity index is 774. The molecule has 3 aromatic carbocycles. The second kappa shape index (κ2) is 7.32. The molecule has 0 spiro atoms. The molecule has 0 aliphatic carbocycles. The molecule has 3 rings (SSSR count). The molecule has 0 heterocycles. The van der Waals surface area contributed by atoms with E-state index in [1.165, 1.54) is 0 Å². The van der Waals surface area contributed by atoms with Crippen molar-refractivity contribution in [3.05, 3.63) is 108 Å². The van der Waals surface area contributed by atoms with Crippen molar-refractivity contribution in [2.75, 3.05) is 0 Å². The summed E-state index contributed by atoms with van der Waals surface area (Å²) in [5.41, 5.74) is 0.704. The Hall–Kier alpha value is -2.91. The number of benzene rings is 3. The van der Waals surface area contributed by atoms with Crippen LogP contribution in [0.5, 0.6) is 0 Å². The summed E-state index contributed by atoms with van der Waals surface area (Å²) in [6.45, 7) is 0. The molecule has 3 heteroatoms. The lowest BCUT2D eigenvalue weighted by Crippen LogP contribution is -2.36. The summed E-state index contributed by atoms with van der Waals surface area (Å²) in [5, 5.41) is 21.3. The number of carboxylic acids is 1. The predicted octanol–water partition coefficient (Wildman–Crippen LogP) is 4.18. The highest BCUT2D eigenvalue weighted by molar-refractivity contribution is 5.69. The van der Waals surface area contributed by atoms with E-state index in [2.05, 4.69) is 0 Å². The van der Waals surface area contributed by atoms with E-state index >= 15 is 0 Å². The maximum atomic E-state index is 11.9. The Labute approximate surface area is 147 Å². The van der Waals surface area contributed by atoms with Gasteiger partial charge in [0.15, 0.2) is 0 Å². The molecule has 0 aromatic heterocycles. The molecule has 0 amide bonds. The predicted molar refractivity (Wildman–Crippen MR) is 97.3 cm³/mol. The molecular weight excluding hydrogens is 312 g/mol. The molecule has 3 aromatic rings. The average molecular weight is 332 g/mol. The van der Waals surface area contributed by atoms with Gasteiger partial charge in [-0.3, -0.25) is 4.79 Å². The van der Waals surface area contributed by atoms with Crippen LogP contribution in [0.1, 0.15) is 29.0 Å². The van der Waals surface area contributed by atoms with E-state index in [0.717, 1.165) is 5.56 Å². The van der Waals surface area contributed by atoms with E-state index in [4.69, 9.17) is 0 Å². The standard InChI is InChI=1S/C22H20O3/c23-21(24)16-20(17-10-4-1-5-11-17)22(25,18-12-6-2-7-13-18)19-14-8-3-9-15-19/h1-15,20,25H,16H2,(H,23,24).